The van der Waals surface area contributed by atoms with Crippen molar-refractivity contribution in [3.63, 3.8) is 0 Å². The average Bonchev–Trinajstić information content (AvgIpc) is 3.56. The van der Waals surface area contributed by atoms with Crippen molar-refractivity contribution in [1.29, 1.82) is 0 Å². The van der Waals surface area contributed by atoms with Crippen LogP contribution in [0.5, 0.6) is 5.75 Å². The molecule has 272 valence electrons. The zero-order chi connectivity index (χ0) is 37.7. The molecule has 1 heterocycles. The molecule has 0 bridgehead atoms. The van der Waals surface area contributed by atoms with Gasteiger partial charge in [0.15, 0.2) is 0 Å². The van der Waals surface area contributed by atoms with Crippen LogP contribution in [0, 0.1) is 5.82 Å². The van der Waals surface area contributed by atoms with E-state index in [4.69, 9.17) is 20.2 Å². The van der Waals surface area contributed by atoms with Crippen LogP contribution in [0.4, 0.5) is 4.39 Å². The fourth-order valence-corrected chi connectivity index (χ4v) is 15.2. The minimum atomic E-state index is -3.61. The quantitative estimate of drug-likeness (QED) is 0.125. The second-order valence-corrected chi connectivity index (χ2v) is 22.7. The number of amides is 1. The third kappa shape index (κ3) is 6.81. The number of hydrogen-bond donors (Lipinski definition) is 1. The number of methoxy groups -OCH3 is 1. The van der Waals surface area contributed by atoms with Gasteiger partial charge < -0.3 is 0 Å². The Morgan fingerprint density at radius 2 is 1.13 bits per heavy atom. The minimum absolute atomic E-state index is 0.123. The van der Waals surface area contributed by atoms with Crippen LogP contribution in [0.2, 0.25) is 0 Å². The molecule has 1 aromatic heterocycles. The molecule has 0 radical (unpaired) electrons. The summed E-state index contributed by atoms with van der Waals surface area (Å²) in [5, 5.41) is 3.14. The summed E-state index contributed by atoms with van der Waals surface area (Å²) in [7, 11) is 1.64. The molecule has 4 nitrogen and oxygen atoms in total. The average molecular weight is 798 g/mol. The van der Waals surface area contributed by atoms with E-state index in [1.165, 1.54) is 12.1 Å². The maximum absolute atomic E-state index is 14.9. The van der Waals surface area contributed by atoms with E-state index in [9.17, 15) is 9.18 Å². The molecule has 0 aliphatic heterocycles. The van der Waals surface area contributed by atoms with Gasteiger partial charge in [-0.25, -0.2) is 0 Å². The van der Waals surface area contributed by atoms with Crippen LogP contribution in [0.3, 0.4) is 0 Å². The molecule has 7 aromatic rings. The molecule has 0 unspecified atom stereocenters. The maximum atomic E-state index is 14.9. The van der Waals surface area contributed by atoms with Crippen molar-refractivity contribution >= 4 is 42.6 Å². The van der Waals surface area contributed by atoms with Crippen LogP contribution in [0.1, 0.15) is 41.6 Å². The van der Waals surface area contributed by atoms with Gasteiger partial charge >= 0.3 is 320 Å². The SMILES string of the molecule is COc1ccc(CNC(=O)c2c(-c3ccccc3)c(-c3ccc(F)cc3)c(CP(Br)(c3ccccc3)(c3ccccc3)c3ccccc3)n2C(C)C)cc1. The molecule has 6 aromatic carbocycles. The predicted octanol–water partition coefficient (Wildman–Crippen LogP) is 10.8. The number of hydrogen-bond acceptors (Lipinski definition) is 2. The molecule has 0 saturated heterocycles. The third-order valence-corrected chi connectivity index (χ3v) is 19.6. The van der Waals surface area contributed by atoms with Gasteiger partial charge in [0.2, 0.25) is 0 Å². The van der Waals surface area contributed by atoms with Crippen molar-refractivity contribution in [3.05, 3.63) is 193 Å². The van der Waals surface area contributed by atoms with Crippen LogP contribution in [-0.2, 0) is 12.7 Å². The van der Waals surface area contributed by atoms with Crippen molar-refractivity contribution in [2.24, 2.45) is 0 Å². The Hall–Kier alpha value is -5.29. The Bertz CT molecular complexity index is 2250. The molecule has 0 fully saturated rings. The van der Waals surface area contributed by atoms with E-state index in [0.717, 1.165) is 55.2 Å². The zero-order valence-electron chi connectivity index (χ0n) is 30.6. The zero-order valence-corrected chi connectivity index (χ0v) is 33.1. The molecule has 54 heavy (non-hydrogen) atoms. The van der Waals surface area contributed by atoms with Gasteiger partial charge in [0.25, 0.3) is 0 Å². The van der Waals surface area contributed by atoms with Crippen LogP contribution in [-0.4, -0.2) is 17.6 Å². The monoisotopic (exact) mass is 796 g/mol. The third-order valence-electron chi connectivity index (χ3n) is 10.2. The Labute approximate surface area is 325 Å². The second kappa shape index (κ2) is 15.6. The van der Waals surface area contributed by atoms with Crippen molar-refractivity contribution in [2.75, 3.05) is 7.11 Å². The molecule has 0 saturated carbocycles. The van der Waals surface area contributed by atoms with Crippen LogP contribution in [0.25, 0.3) is 22.3 Å². The van der Waals surface area contributed by atoms with Gasteiger partial charge in [-0.1, -0.05) is 0 Å². The predicted molar refractivity (Wildman–Crippen MR) is 228 cm³/mol. The summed E-state index contributed by atoms with van der Waals surface area (Å²) >= 11 is 4.70. The first kappa shape index (κ1) is 37.0. The fourth-order valence-electron chi connectivity index (χ4n) is 7.63. The Balaban J connectivity index is 1.57. The van der Waals surface area contributed by atoms with E-state index < -0.39 is 5.31 Å². The first-order valence-corrected chi connectivity index (χ1v) is 22.6. The molecular formula is C47H43BrFN2O2P. The van der Waals surface area contributed by atoms with Crippen LogP contribution < -0.4 is 26.0 Å². The molecule has 1 N–H and O–H groups in total. The van der Waals surface area contributed by atoms with E-state index in [1.807, 2.05) is 72.8 Å². The molecule has 0 aliphatic carbocycles. The van der Waals surface area contributed by atoms with Gasteiger partial charge in [-0.15, -0.1) is 0 Å². The Kier molecular flexibility index (Phi) is 10.7. The Morgan fingerprint density at radius 3 is 1.59 bits per heavy atom. The van der Waals surface area contributed by atoms with E-state index in [0.29, 0.717) is 18.4 Å². The van der Waals surface area contributed by atoms with E-state index >= 15 is 0 Å². The number of carbonyl (C=O) groups is 1. The van der Waals surface area contributed by atoms with Gasteiger partial charge in [-0.2, -0.15) is 0 Å². The summed E-state index contributed by atoms with van der Waals surface area (Å²) in [6, 6.07) is 56.4. The normalized spacial score (nSPS) is 12.2. The van der Waals surface area contributed by atoms with Crippen molar-refractivity contribution in [2.45, 2.75) is 32.6 Å². The summed E-state index contributed by atoms with van der Waals surface area (Å²) in [5.41, 5.74) is 5.95. The summed E-state index contributed by atoms with van der Waals surface area (Å²) < 4.78 is 22.3. The first-order valence-electron chi connectivity index (χ1n) is 18.1. The van der Waals surface area contributed by atoms with Gasteiger partial charge in [0.1, 0.15) is 0 Å². The van der Waals surface area contributed by atoms with Gasteiger partial charge in [0, 0.05) is 0 Å². The molecule has 1 amide bonds. The van der Waals surface area contributed by atoms with E-state index in [-0.39, 0.29) is 17.8 Å². The van der Waals surface area contributed by atoms with E-state index in [1.54, 1.807) is 7.11 Å². The summed E-state index contributed by atoms with van der Waals surface area (Å²) in [6.45, 7) is 4.59. The number of rotatable bonds is 12. The number of ether oxygens (including phenoxy) is 1. The summed E-state index contributed by atoms with van der Waals surface area (Å²) in [5.74, 6) is 0.243. The molecule has 0 aliphatic rings. The Morgan fingerprint density at radius 1 is 0.667 bits per heavy atom. The number of nitrogens with zero attached hydrogens (tertiary/aromatic N) is 1. The second-order valence-electron chi connectivity index (χ2n) is 13.8. The molecular weight excluding hydrogens is 754 g/mol. The van der Waals surface area contributed by atoms with Gasteiger partial charge in [0.05, 0.1) is 7.11 Å². The van der Waals surface area contributed by atoms with Crippen molar-refractivity contribution < 1.29 is 13.9 Å². The fraction of sp³-hybridized carbons (Fsp3) is 0.128. The van der Waals surface area contributed by atoms with Gasteiger partial charge in [-0.3, -0.25) is 0 Å². The van der Waals surface area contributed by atoms with Crippen molar-refractivity contribution in [1.82, 2.24) is 9.88 Å². The number of aromatic nitrogens is 1. The van der Waals surface area contributed by atoms with Crippen molar-refractivity contribution in [3.8, 4) is 28.0 Å². The first-order chi connectivity index (χ1) is 26.2. The van der Waals surface area contributed by atoms with Crippen LogP contribution >= 0.6 is 20.8 Å². The molecule has 7 rings (SSSR count). The number of nitrogens with one attached hydrogen (secondary N) is 1. The summed E-state index contributed by atoms with van der Waals surface area (Å²) in [6.07, 6.45) is 0.528. The number of halogens is 2. The summed E-state index contributed by atoms with van der Waals surface area (Å²) in [4.78, 5) is 14.9. The molecule has 0 spiro atoms. The van der Waals surface area contributed by atoms with Gasteiger partial charge in [-0.05, 0) is 0 Å². The number of carbonyl (C=O) groups excluding carboxylic acids is 1. The van der Waals surface area contributed by atoms with Crippen LogP contribution in [0.15, 0.2) is 170 Å². The standard InChI is InChI=1S/C47H43BrFN2O2P/c1-34(2)51-43(33-54(48,40-18-10-5-11-19-40,41-20-12-6-13-21-41)42-22-14-7-15-23-42)44(37-26-28-38(49)29-27-37)45(36-16-8-4-9-17-36)46(51)47(52)50-32-35-24-30-39(53-3)31-25-35/h4-31,34H,32-33H2,1-3H3,(H,50,52). The number of benzene rings is 6. The molecule has 7 heteroatoms. The molecule has 0 atom stereocenters. The van der Waals surface area contributed by atoms with E-state index in [2.05, 4.69) is 109 Å². The topological polar surface area (TPSA) is 43.3 Å².